The summed E-state index contributed by atoms with van der Waals surface area (Å²) in [5.74, 6) is 0. The average Bonchev–Trinajstić information content (AvgIpc) is 3.06. The van der Waals surface area contributed by atoms with Gasteiger partial charge in [-0.2, -0.15) is 13.2 Å². The molecule has 0 radical (unpaired) electrons. The summed E-state index contributed by atoms with van der Waals surface area (Å²) in [4.78, 5) is 6.57. The Morgan fingerprint density at radius 3 is 2.78 bits per heavy atom. The maximum absolute atomic E-state index is 12.9. The summed E-state index contributed by atoms with van der Waals surface area (Å²) >= 11 is 1.61. The highest BCUT2D eigenvalue weighted by Gasteiger charge is 2.35. The van der Waals surface area contributed by atoms with Gasteiger partial charge in [-0.25, -0.2) is 4.98 Å². The lowest BCUT2D eigenvalue weighted by atomic mass is 10.0. The van der Waals surface area contributed by atoms with Gasteiger partial charge in [-0.1, -0.05) is 6.07 Å². The summed E-state index contributed by atoms with van der Waals surface area (Å²) < 4.78 is 38.7. The number of alkyl halides is 3. The number of nitrogens with two attached hydrogens (primary N) is 1. The lowest BCUT2D eigenvalue weighted by molar-refractivity contribution is -0.137. The summed E-state index contributed by atoms with van der Waals surface area (Å²) in [6.07, 6.45) is -3.53. The van der Waals surface area contributed by atoms with E-state index in [4.69, 9.17) is 5.73 Å². The summed E-state index contributed by atoms with van der Waals surface area (Å²) in [5, 5.41) is 3.05. The predicted octanol–water partition coefficient (Wildman–Crippen LogP) is 3.53. The largest absolute Gasteiger partial charge is 0.416 e. The van der Waals surface area contributed by atoms with Crippen molar-refractivity contribution >= 4 is 11.3 Å². The molecule has 2 N–H and O–H groups in total. The van der Waals surface area contributed by atoms with Crippen LogP contribution in [-0.4, -0.2) is 23.0 Å². The minimum Gasteiger partial charge on any atom is -0.329 e. The van der Waals surface area contributed by atoms with E-state index in [2.05, 4.69) is 9.88 Å². The molecule has 1 aromatic heterocycles. The van der Waals surface area contributed by atoms with Crippen molar-refractivity contribution in [3.63, 3.8) is 0 Å². The SMILES string of the molecule is Cc1csc(CCN2Cc3ccc(C(F)(F)F)cc3C2CN)n1. The minimum absolute atomic E-state index is 0.159. The first-order chi connectivity index (χ1) is 10.9. The van der Waals surface area contributed by atoms with E-state index in [1.165, 1.54) is 6.07 Å². The molecule has 23 heavy (non-hydrogen) atoms. The van der Waals surface area contributed by atoms with Crippen molar-refractivity contribution in [3.05, 3.63) is 51.0 Å². The fraction of sp³-hybridized carbons (Fsp3) is 0.438. The smallest absolute Gasteiger partial charge is 0.329 e. The Morgan fingerprint density at radius 1 is 1.39 bits per heavy atom. The molecule has 7 heteroatoms. The Bertz CT molecular complexity index is 696. The normalized spacial score (nSPS) is 18.4. The van der Waals surface area contributed by atoms with Gasteiger partial charge in [-0.05, 0) is 30.2 Å². The van der Waals surface area contributed by atoms with Gasteiger partial charge in [-0.15, -0.1) is 11.3 Å². The molecule has 2 aromatic rings. The highest BCUT2D eigenvalue weighted by molar-refractivity contribution is 7.09. The zero-order chi connectivity index (χ0) is 16.6. The molecule has 124 valence electrons. The predicted molar refractivity (Wildman–Crippen MR) is 84.2 cm³/mol. The van der Waals surface area contributed by atoms with Crippen molar-refractivity contribution in [2.45, 2.75) is 32.1 Å². The highest BCUT2D eigenvalue weighted by atomic mass is 32.1. The van der Waals surface area contributed by atoms with E-state index in [1.807, 2.05) is 12.3 Å². The number of benzene rings is 1. The number of hydrogen-bond donors (Lipinski definition) is 1. The van der Waals surface area contributed by atoms with Gasteiger partial charge in [0.1, 0.15) is 0 Å². The van der Waals surface area contributed by atoms with E-state index >= 15 is 0 Å². The van der Waals surface area contributed by atoms with E-state index in [-0.39, 0.29) is 6.04 Å². The van der Waals surface area contributed by atoms with Crippen LogP contribution in [0.4, 0.5) is 13.2 Å². The summed E-state index contributed by atoms with van der Waals surface area (Å²) in [6.45, 7) is 3.64. The Hall–Kier alpha value is -1.44. The molecule has 0 aliphatic carbocycles. The molecule has 3 rings (SSSR count). The summed E-state index contributed by atoms with van der Waals surface area (Å²) in [7, 11) is 0. The van der Waals surface area contributed by atoms with Crippen molar-refractivity contribution < 1.29 is 13.2 Å². The van der Waals surface area contributed by atoms with Gasteiger partial charge < -0.3 is 5.73 Å². The molecule has 1 atom stereocenters. The van der Waals surface area contributed by atoms with Crippen LogP contribution >= 0.6 is 11.3 Å². The van der Waals surface area contributed by atoms with E-state index in [0.29, 0.717) is 18.7 Å². The first-order valence-corrected chi connectivity index (χ1v) is 8.31. The minimum atomic E-state index is -4.32. The molecule has 0 fully saturated rings. The van der Waals surface area contributed by atoms with Gasteiger partial charge in [0.15, 0.2) is 0 Å². The van der Waals surface area contributed by atoms with Crippen LogP contribution in [0, 0.1) is 6.92 Å². The van der Waals surface area contributed by atoms with Crippen LogP contribution in [-0.2, 0) is 19.1 Å². The second-order valence-corrected chi connectivity index (χ2v) is 6.71. The molecule has 1 aliphatic rings. The third-order valence-electron chi connectivity index (χ3n) is 4.15. The van der Waals surface area contributed by atoms with Gasteiger partial charge >= 0.3 is 6.18 Å². The lowest BCUT2D eigenvalue weighted by Gasteiger charge is -2.23. The third-order valence-corrected chi connectivity index (χ3v) is 5.18. The Kier molecular flexibility index (Phi) is 4.44. The van der Waals surface area contributed by atoms with Gasteiger partial charge in [0.2, 0.25) is 0 Å². The molecule has 1 aliphatic heterocycles. The molecule has 0 spiro atoms. The van der Waals surface area contributed by atoms with E-state index in [0.717, 1.165) is 35.3 Å². The number of aromatic nitrogens is 1. The number of fused-ring (bicyclic) bond motifs is 1. The number of rotatable bonds is 4. The number of aryl methyl sites for hydroxylation is 1. The van der Waals surface area contributed by atoms with Crippen molar-refractivity contribution in [3.8, 4) is 0 Å². The molecule has 1 aromatic carbocycles. The quantitative estimate of drug-likeness (QED) is 0.925. The van der Waals surface area contributed by atoms with Crippen molar-refractivity contribution in [2.24, 2.45) is 5.73 Å². The van der Waals surface area contributed by atoms with Crippen LogP contribution in [0.15, 0.2) is 23.6 Å². The van der Waals surface area contributed by atoms with Gasteiger partial charge in [0.25, 0.3) is 0 Å². The fourth-order valence-electron chi connectivity index (χ4n) is 3.02. The fourth-order valence-corrected chi connectivity index (χ4v) is 3.78. The summed E-state index contributed by atoms with van der Waals surface area (Å²) in [6, 6.07) is 3.82. The average molecular weight is 341 g/mol. The first kappa shape index (κ1) is 16.4. The van der Waals surface area contributed by atoms with Crippen LogP contribution < -0.4 is 5.73 Å². The van der Waals surface area contributed by atoms with Crippen molar-refractivity contribution in [1.29, 1.82) is 0 Å². The molecule has 3 nitrogen and oxygen atoms in total. The standard InChI is InChI=1S/C16H18F3N3S/c1-10-9-23-15(21-10)4-5-22-8-11-2-3-12(16(17,18)19)6-13(11)14(22)7-20/h2-3,6,9,14H,4-5,7-8,20H2,1H3. The van der Waals surface area contributed by atoms with Crippen LogP contribution in [0.2, 0.25) is 0 Å². The van der Waals surface area contributed by atoms with Crippen molar-refractivity contribution in [2.75, 3.05) is 13.1 Å². The maximum atomic E-state index is 12.9. The number of hydrogen-bond acceptors (Lipinski definition) is 4. The number of thiazole rings is 1. The number of nitrogens with zero attached hydrogens (tertiary/aromatic N) is 2. The van der Waals surface area contributed by atoms with Crippen LogP contribution in [0.5, 0.6) is 0 Å². The molecule has 0 bridgehead atoms. The van der Waals surface area contributed by atoms with Gasteiger partial charge in [0.05, 0.1) is 10.6 Å². The zero-order valence-corrected chi connectivity index (χ0v) is 13.5. The molecule has 0 saturated heterocycles. The van der Waals surface area contributed by atoms with Crippen LogP contribution in [0.25, 0.3) is 0 Å². The molecule has 1 unspecified atom stereocenters. The topological polar surface area (TPSA) is 42.1 Å². The Morgan fingerprint density at radius 2 is 2.17 bits per heavy atom. The van der Waals surface area contributed by atoms with E-state index in [1.54, 1.807) is 17.4 Å². The molecular formula is C16H18F3N3S. The van der Waals surface area contributed by atoms with Gasteiger partial charge in [-0.3, -0.25) is 4.90 Å². The second-order valence-electron chi connectivity index (χ2n) is 5.77. The number of halogens is 3. The van der Waals surface area contributed by atoms with Crippen LogP contribution in [0.1, 0.15) is 33.4 Å². The monoisotopic (exact) mass is 341 g/mol. The molecule has 0 amide bonds. The summed E-state index contributed by atoms with van der Waals surface area (Å²) in [5.41, 5.74) is 7.87. The van der Waals surface area contributed by atoms with Crippen LogP contribution in [0.3, 0.4) is 0 Å². The highest BCUT2D eigenvalue weighted by Crippen LogP contribution is 2.38. The molecule has 2 heterocycles. The van der Waals surface area contributed by atoms with Crippen molar-refractivity contribution in [1.82, 2.24) is 9.88 Å². The Balaban J connectivity index is 1.77. The lowest BCUT2D eigenvalue weighted by Crippen LogP contribution is -2.29. The zero-order valence-electron chi connectivity index (χ0n) is 12.7. The third kappa shape index (κ3) is 3.41. The molecule has 0 saturated carbocycles. The van der Waals surface area contributed by atoms with E-state index < -0.39 is 11.7 Å². The maximum Gasteiger partial charge on any atom is 0.416 e. The second kappa shape index (κ2) is 6.22. The van der Waals surface area contributed by atoms with Gasteiger partial charge in [0, 0.05) is 43.2 Å². The molecular weight excluding hydrogens is 323 g/mol. The van der Waals surface area contributed by atoms with E-state index in [9.17, 15) is 13.2 Å². The Labute approximate surface area is 136 Å². The first-order valence-electron chi connectivity index (χ1n) is 7.43.